The van der Waals surface area contributed by atoms with Crippen molar-refractivity contribution in [3.05, 3.63) is 39.2 Å². The standard InChI is InChI=1S/C18H18O7/c1-2-22-18(21)14-6-13(19)15-16(20)9(4-11-7-23-11)3-10(17(15)25-14)5-12-8-24-12/h3,6,11-12,20H,2,4-5,7-8H2,1H3/t11-,12+/m0/s1. The average molecular weight is 346 g/mol. The van der Waals surface area contributed by atoms with E-state index in [1.807, 2.05) is 0 Å². The number of esters is 1. The van der Waals surface area contributed by atoms with Crippen LogP contribution in [0.5, 0.6) is 5.75 Å². The Balaban J connectivity index is 1.87. The van der Waals surface area contributed by atoms with Crippen molar-refractivity contribution >= 4 is 16.9 Å². The second-order valence-corrected chi connectivity index (χ2v) is 6.26. The highest BCUT2D eigenvalue weighted by atomic mass is 16.6. The molecule has 0 unspecified atom stereocenters. The predicted octanol–water partition coefficient (Wildman–Crippen LogP) is 1.56. The van der Waals surface area contributed by atoms with E-state index < -0.39 is 11.4 Å². The lowest BCUT2D eigenvalue weighted by Gasteiger charge is -2.12. The van der Waals surface area contributed by atoms with Crippen LogP contribution >= 0.6 is 0 Å². The van der Waals surface area contributed by atoms with E-state index in [2.05, 4.69) is 0 Å². The van der Waals surface area contributed by atoms with Crippen LogP contribution in [0.25, 0.3) is 11.0 Å². The summed E-state index contributed by atoms with van der Waals surface area (Å²) in [5.41, 5.74) is 1.11. The zero-order valence-corrected chi connectivity index (χ0v) is 13.7. The smallest absolute Gasteiger partial charge is 0.374 e. The molecular weight excluding hydrogens is 328 g/mol. The number of phenols is 1. The first-order valence-corrected chi connectivity index (χ1v) is 8.28. The van der Waals surface area contributed by atoms with Crippen molar-refractivity contribution in [2.24, 2.45) is 0 Å². The van der Waals surface area contributed by atoms with E-state index in [1.54, 1.807) is 13.0 Å². The van der Waals surface area contributed by atoms with Crippen LogP contribution in [0.15, 0.2) is 21.3 Å². The Kier molecular flexibility index (Phi) is 3.97. The summed E-state index contributed by atoms with van der Waals surface area (Å²) >= 11 is 0. The molecule has 25 heavy (non-hydrogen) atoms. The van der Waals surface area contributed by atoms with Crippen LogP contribution in [0.1, 0.15) is 28.6 Å². The third-order valence-corrected chi connectivity index (χ3v) is 4.31. The first kappa shape index (κ1) is 16.1. The number of fused-ring (bicyclic) bond motifs is 1. The van der Waals surface area contributed by atoms with E-state index in [0.29, 0.717) is 31.6 Å². The molecule has 0 amide bonds. The molecule has 0 radical (unpaired) electrons. The molecule has 1 aromatic heterocycles. The summed E-state index contributed by atoms with van der Waals surface area (Å²) in [6.07, 6.45) is 1.21. The molecule has 2 atom stereocenters. The van der Waals surface area contributed by atoms with Gasteiger partial charge in [-0.25, -0.2) is 4.79 Å². The van der Waals surface area contributed by atoms with Crippen molar-refractivity contribution in [1.29, 1.82) is 0 Å². The number of aromatic hydroxyl groups is 1. The number of carbonyl (C=O) groups excluding carboxylic acids is 1. The minimum atomic E-state index is -0.704. The molecule has 0 aliphatic carbocycles. The molecule has 2 fully saturated rings. The zero-order valence-electron chi connectivity index (χ0n) is 13.7. The van der Waals surface area contributed by atoms with Crippen molar-refractivity contribution in [2.75, 3.05) is 19.8 Å². The van der Waals surface area contributed by atoms with Gasteiger partial charge >= 0.3 is 5.97 Å². The highest BCUT2D eigenvalue weighted by Gasteiger charge is 2.29. The molecule has 2 aliphatic heterocycles. The van der Waals surface area contributed by atoms with Crippen LogP contribution in [0, 0.1) is 0 Å². The monoisotopic (exact) mass is 346 g/mol. The van der Waals surface area contributed by atoms with Gasteiger partial charge in [-0.05, 0) is 24.1 Å². The number of phenolic OH excluding ortho intramolecular Hbond substituents is 1. The fourth-order valence-electron chi connectivity index (χ4n) is 2.92. The Hall–Kier alpha value is -2.38. The molecule has 7 nitrogen and oxygen atoms in total. The highest BCUT2D eigenvalue weighted by molar-refractivity contribution is 5.92. The zero-order chi connectivity index (χ0) is 17.6. The Morgan fingerprint density at radius 2 is 1.84 bits per heavy atom. The van der Waals surface area contributed by atoms with Gasteiger partial charge in [0.05, 0.1) is 32.0 Å². The summed E-state index contributed by atoms with van der Waals surface area (Å²) < 4.78 is 21.1. The van der Waals surface area contributed by atoms with Crippen LogP contribution in [-0.2, 0) is 27.1 Å². The molecule has 4 rings (SSSR count). The fraction of sp³-hybridized carbons (Fsp3) is 0.444. The topological polar surface area (TPSA) is 102 Å². The van der Waals surface area contributed by atoms with E-state index in [-0.39, 0.29) is 41.3 Å². The third kappa shape index (κ3) is 3.25. The molecule has 7 heteroatoms. The number of hydrogen-bond donors (Lipinski definition) is 1. The maximum atomic E-state index is 12.5. The van der Waals surface area contributed by atoms with E-state index in [1.165, 1.54) is 0 Å². The first-order chi connectivity index (χ1) is 12.1. The van der Waals surface area contributed by atoms with Crippen molar-refractivity contribution in [3.63, 3.8) is 0 Å². The Morgan fingerprint density at radius 1 is 1.20 bits per heavy atom. The van der Waals surface area contributed by atoms with Gasteiger partial charge in [-0.15, -0.1) is 0 Å². The lowest BCUT2D eigenvalue weighted by Crippen LogP contribution is -2.12. The van der Waals surface area contributed by atoms with Crippen molar-refractivity contribution in [1.82, 2.24) is 0 Å². The molecule has 0 spiro atoms. The molecule has 2 aliphatic rings. The van der Waals surface area contributed by atoms with Gasteiger partial charge in [-0.3, -0.25) is 4.79 Å². The summed E-state index contributed by atoms with van der Waals surface area (Å²) in [5, 5.41) is 10.6. The number of hydrogen-bond acceptors (Lipinski definition) is 7. The number of ether oxygens (including phenoxy) is 3. The Labute approximate surface area is 143 Å². The van der Waals surface area contributed by atoms with Crippen molar-refractivity contribution in [2.45, 2.75) is 32.0 Å². The highest BCUT2D eigenvalue weighted by Crippen LogP contribution is 2.34. The molecule has 1 aromatic carbocycles. The molecular formula is C18H18O7. The molecule has 2 aromatic rings. The van der Waals surface area contributed by atoms with E-state index in [9.17, 15) is 14.7 Å². The molecule has 0 saturated carbocycles. The minimum absolute atomic E-state index is 0.0642. The molecule has 3 heterocycles. The van der Waals surface area contributed by atoms with Crippen molar-refractivity contribution < 1.29 is 28.5 Å². The van der Waals surface area contributed by atoms with Gasteiger partial charge in [0.25, 0.3) is 0 Å². The van der Waals surface area contributed by atoms with Crippen LogP contribution in [-0.4, -0.2) is 43.1 Å². The molecule has 1 N–H and O–H groups in total. The van der Waals surface area contributed by atoms with Gasteiger partial charge in [0.15, 0.2) is 5.43 Å². The quantitative estimate of drug-likeness (QED) is 0.625. The van der Waals surface area contributed by atoms with Crippen LogP contribution in [0.4, 0.5) is 0 Å². The summed E-state index contributed by atoms with van der Waals surface area (Å²) in [4.78, 5) is 24.5. The van der Waals surface area contributed by atoms with E-state index in [4.69, 9.17) is 18.6 Å². The number of benzene rings is 1. The van der Waals surface area contributed by atoms with Gasteiger partial charge in [-0.1, -0.05) is 0 Å². The van der Waals surface area contributed by atoms with Crippen LogP contribution in [0.2, 0.25) is 0 Å². The van der Waals surface area contributed by atoms with Crippen LogP contribution < -0.4 is 5.43 Å². The van der Waals surface area contributed by atoms with E-state index in [0.717, 1.165) is 11.6 Å². The molecule has 2 saturated heterocycles. The van der Waals surface area contributed by atoms with Gasteiger partial charge in [0, 0.05) is 18.9 Å². The predicted molar refractivity (Wildman–Crippen MR) is 87.0 cm³/mol. The summed E-state index contributed by atoms with van der Waals surface area (Å²) in [5.74, 6) is -0.991. The fourth-order valence-corrected chi connectivity index (χ4v) is 2.92. The van der Waals surface area contributed by atoms with Crippen LogP contribution in [0.3, 0.4) is 0 Å². The summed E-state index contributed by atoms with van der Waals surface area (Å²) in [6, 6.07) is 2.87. The first-order valence-electron chi connectivity index (χ1n) is 8.28. The van der Waals surface area contributed by atoms with Gasteiger partial charge in [-0.2, -0.15) is 0 Å². The second-order valence-electron chi connectivity index (χ2n) is 6.26. The summed E-state index contributed by atoms with van der Waals surface area (Å²) in [6.45, 7) is 3.14. The van der Waals surface area contributed by atoms with E-state index >= 15 is 0 Å². The molecule has 0 bridgehead atoms. The maximum absolute atomic E-state index is 12.5. The van der Waals surface area contributed by atoms with Gasteiger partial charge < -0.3 is 23.7 Å². The number of epoxide rings is 2. The lowest BCUT2D eigenvalue weighted by molar-refractivity contribution is 0.0490. The normalized spacial score (nSPS) is 21.3. The van der Waals surface area contributed by atoms with Crippen molar-refractivity contribution in [3.8, 4) is 5.75 Å². The average Bonchev–Trinajstić information content (AvgIpc) is 3.47. The largest absolute Gasteiger partial charge is 0.507 e. The number of rotatable bonds is 6. The summed E-state index contributed by atoms with van der Waals surface area (Å²) in [7, 11) is 0. The molecule has 132 valence electrons. The second kappa shape index (κ2) is 6.16. The lowest BCUT2D eigenvalue weighted by atomic mass is 9.98. The minimum Gasteiger partial charge on any atom is -0.507 e. The Morgan fingerprint density at radius 3 is 2.44 bits per heavy atom. The van der Waals surface area contributed by atoms with Gasteiger partial charge in [0.1, 0.15) is 16.7 Å². The van der Waals surface area contributed by atoms with Gasteiger partial charge in [0.2, 0.25) is 5.76 Å². The Bertz CT molecular complexity index is 890. The number of carbonyl (C=O) groups is 1. The maximum Gasteiger partial charge on any atom is 0.374 e. The SMILES string of the molecule is CCOC(=O)c1cc(=O)c2c(O)c(C[C@H]3CO3)cc(C[C@@H]3CO3)c2o1. The third-order valence-electron chi connectivity index (χ3n) is 4.31.